The Bertz CT molecular complexity index is 6330. The topological polar surface area (TPSA) is 361 Å². The highest BCUT2D eigenvalue weighted by molar-refractivity contribution is 6.30. The van der Waals surface area contributed by atoms with Gasteiger partial charge in [0.1, 0.15) is 11.6 Å². The van der Waals surface area contributed by atoms with E-state index < -0.39 is 0 Å². The molecule has 0 fully saturated rings. The first-order chi connectivity index (χ1) is 56.7. The van der Waals surface area contributed by atoms with Gasteiger partial charge in [-0.3, -0.25) is 33.4 Å². The third-order valence-electron chi connectivity index (χ3n) is 19.6. The van der Waals surface area contributed by atoms with Gasteiger partial charge in [-0.15, -0.1) is 0 Å². The van der Waals surface area contributed by atoms with Crippen molar-refractivity contribution in [2.75, 3.05) is 82.7 Å². The lowest BCUT2D eigenvalue weighted by Gasteiger charge is -2.12. The van der Waals surface area contributed by atoms with Crippen LogP contribution in [0.3, 0.4) is 0 Å². The van der Waals surface area contributed by atoms with Gasteiger partial charge in [0.05, 0.1) is 52.1 Å². The zero-order valence-electron chi connectivity index (χ0n) is 66.6. The molecule has 0 aliphatic carbocycles. The van der Waals surface area contributed by atoms with Gasteiger partial charge in [-0.25, -0.2) is 52.4 Å². The van der Waals surface area contributed by atoms with Crippen LogP contribution >= 0.6 is 11.6 Å². The average Bonchev–Trinajstić information content (AvgIpc) is 1.62. The number of hydrogen-bond acceptors (Lipinski definition) is 13. The molecule has 0 saturated heterocycles. The van der Waals surface area contributed by atoms with Crippen molar-refractivity contribution in [3.63, 3.8) is 0 Å². The van der Waals surface area contributed by atoms with Crippen molar-refractivity contribution in [3.05, 3.63) is 304 Å². The highest BCUT2D eigenvalue weighted by atomic mass is 35.5. The molecular formula is C86H90ClFN20O10. The maximum absolute atomic E-state index is 13.3. The molecule has 0 spiro atoms. The van der Waals surface area contributed by atoms with Crippen LogP contribution in [-0.4, -0.2) is 164 Å². The number of urea groups is 4. The second-order valence-corrected chi connectivity index (χ2v) is 28.1. The van der Waals surface area contributed by atoms with E-state index in [4.69, 9.17) is 16.3 Å². The van der Waals surface area contributed by atoms with E-state index in [0.717, 1.165) is 139 Å². The number of hydrogen-bond donors (Lipinski definition) is 9. The van der Waals surface area contributed by atoms with Crippen LogP contribution in [0.4, 0.5) is 46.3 Å². The minimum atomic E-state index is -0.369. The van der Waals surface area contributed by atoms with E-state index >= 15 is 0 Å². The fourth-order valence-electron chi connectivity index (χ4n) is 12.5. The number of benzene rings is 8. The molecule has 0 atom stereocenters. The van der Waals surface area contributed by atoms with E-state index in [1.807, 2.05) is 177 Å². The standard InChI is InChI=1S/C11H9N3O.C11H14N2O2.C10H11ClN2O.C10H11FN2O.C10H12N2O.C10H9NO.C9H9N3O.C8H8N2O.C7H7N3O/c1-14-9-6-12-8-5-3-2-4-7(8)10(9)13-11(14)15;1-13-6-5-8-7-9(15-2)3-4-10(8)12-11(13)14;1-13-5-4-7-6-8(11)2-3-9(7)12-10(13)14;1-13-6-5-7-3-2-4-8(11)9(7)12-10(13)14;1-12-7-6-8-4-2-3-5-9(8)11-10(12)13;1-7-6-8-4-2-3-5-9(8)11-10(7)12;1-12-9(13)10-8(11-12)7-5-3-2-4-6-7;1-10-7-5-3-2-4-6(7)9-8(10)11;1-10-5-3-2-4-8-6(5)9-7(10)11/h2-6H,1H3,(H,13,15);3-4,7H,5-6H2,1-2H3,(H,12,14);2-3,6H,4-5H2,1H3,(H,12,14);2-4H,5-6H2,1H3,(H,12,14);2-5H,6-7H2,1H3,(H,11,13);2-6H,1H3,(H,11,12);2-6H,1H3,(H,10,11,13);2-5H,1H3,(H,9,11);2-4H,1H3,(H,8,9,11). The highest BCUT2D eigenvalue weighted by Crippen LogP contribution is 2.28. The third kappa shape index (κ3) is 21.2. The monoisotopic (exact) mass is 1620 g/mol. The van der Waals surface area contributed by atoms with E-state index in [1.54, 1.807) is 123 Å². The van der Waals surface area contributed by atoms with Crippen molar-refractivity contribution in [3.8, 4) is 17.1 Å². The summed E-state index contributed by atoms with van der Waals surface area (Å²) in [4.78, 5) is 130. The van der Waals surface area contributed by atoms with Gasteiger partial charge in [0.25, 0.3) is 5.56 Å². The Morgan fingerprint density at radius 1 is 0.432 bits per heavy atom. The quantitative estimate of drug-likeness (QED) is 0.0778. The minimum absolute atomic E-state index is 0.00583. The van der Waals surface area contributed by atoms with E-state index in [9.17, 15) is 47.5 Å². The van der Waals surface area contributed by atoms with Crippen LogP contribution in [-0.2, 0) is 53.9 Å². The number of carbonyl (C=O) groups is 4. The summed E-state index contributed by atoms with van der Waals surface area (Å²) < 4.78 is 24.4. The summed E-state index contributed by atoms with van der Waals surface area (Å²) in [5.74, 6) is 1.06. The fraction of sp³-hybridized carbons (Fsp3) is 0.209. The molecule has 0 bridgehead atoms. The Labute approximate surface area is 680 Å². The van der Waals surface area contributed by atoms with Crippen LogP contribution < -0.4 is 54.3 Å². The number of imidazole rings is 3. The summed E-state index contributed by atoms with van der Waals surface area (Å²) in [5.41, 5.74) is 15.2. The van der Waals surface area contributed by atoms with Gasteiger partial charge >= 0.3 is 46.9 Å². The number of pyridine rings is 3. The van der Waals surface area contributed by atoms with Gasteiger partial charge in [-0.1, -0.05) is 121 Å². The Kier molecular flexibility index (Phi) is 27.8. The number of rotatable bonds is 2. The molecule has 4 aliphatic heterocycles. The Morgan fingerprint density at radius 2 is 0.958 bits per heavy atom. The first kappa shape index (κ1) is 84.3. The maximum atomic E-state index is 13.3. The number of aromatic nitrogens is 12. The zero-order valence-corrected chi connectivity index (χ0v) is 67.4. The second-order valence-electron chi connectivity index (χ2n) is 27.7. The summed E-state index contributed by atoms with van der Waals surface area (Å²) in [6.07, 6.45) is 6.66. The largest absolute Gasteiger partial charge is 0.497 e. The van der Waals surface area contributed by atoms with E-state index in [-0.39, 0.29) is 58.3 Å². The molecule has 0 unspecified atom stereocenters. The molecule has 8 amide bonds. The number of anilines is 4. The van der Waals surface area contributed by atoms with Crippen LogP contribution in [0, 0.1) is 12.7 Å². The van der Waals surface area contributed by atoms with Crippen molar-refractivity contribution in [1.82, 2.24) is 78.0 Å². The number of halogens is 2. The number of amides is 8. The van der Waals surface area contributed by atoms with Crippen molar-refractivity contribution in [2.45, 2.75) is 32.6 Å². The van der Waals surface area contributed by atoms with Gasteiger partial charge in [0.2, 0.25) is 0 Å². The summed E-state index contributed by atoms with van der Waals surface area (Å²) in [5, 5.41) is 17.9. The zero-order chi connectivity index (χ0) is 84.3. The van der Waals surface area contributed by atoms with Gasteiger partial charge in [-0.2, -0.15) is 5.10 Å². The molecule has 32 heteroatoms. The molecule has 7 aromatic heterocycles. The van der Waals surface area contributed by atoms with Crippen molar-refractivity contribution >= 4 is 114 Å². The Morgan fingerprint density at radius 3 is 1.61 bits per heavy atom. The molecule has 608 valence electrons. The molecule has 0 saturated carbocycles. The summed E-state index contributed by atoms with van der Waals surface area (Å²) in [6.45, 7) is 4.65. The highest BCUT2D eigenvalue weighted by Gasteiger charge is 2.22. The number of carbonyl (C=O) groups excluding carboxylic acids is 4. The molecule has 0 radical (unpaired) electrons. The van der Waals surface area contributed by atoms with Crippen LogP contribution in [0.1, 0.15) is 27.8 Å². The molecule has 30 nitrogen and oxygen atoms in total. The second kappa shape index (κ2) is 38.9. The Hall–Kier alpha value is -14.6. The first-order valence-electron chi connectivity index (χ1n) is 37.4. The van der Waals surface area contributed by atoms with Crippen molar-refractivity contribution < 1.29 is 28.3 Å². The summed E-state index contributed by atoms with van der Waals surface area (Å²) in [7, 11) is 15.5. The SMILES string of the molecule is CN1CCc2cc(Cl)ccc2NC1=O.CN1CCc2cccc(F)c2NC1=O.CN1CCc2ccccc2NC1=O.COc1ccc2c(c1)CCN(C)C(=O)N2.Cc1cc2ccccc2[nH]c1=O.Cn1c(=O)[nH]c2c3ccccc3ncc21.Cn1c(=O)[nH]c2ccccc21.Cn1c(=O)[nH]c2ncccc21.Cn1nc(-c2ccccc2)[nH]c1=O. The Balaban J connectivity index is 0.000000130. The van der Waals surface area contributed by atoms with E-state index in [0.29, 0.717) is 35.1 Å². The predicted molar refractivity (Wildman–Crippen MR) is 461 cm³/mol. The summed E-state index contributed by atoms with van der Waals surface area (Å²) in [6, 6.07) is 61.8. The lowest BCUT2D eigenvalue weighted by atomic mass is 10.1. The molecule has 15 aromatic rings. The van der Waals surface area contributed by atoms with E-state index in [1.165, 1.54) is 20.9 Å². The third-order valence-corrected chi connectivity index (χ3v) is 19.8. The van der Waals surface area contributed by atoms with Gasteiger partial charge in [-0.05, 0) is 151 Å². The number of H-pyrrole nitrogens is 5. The summed E-state index contributed by atoms with van der Waals surface area (Å²) >= 11 is 5.88. The lowest BCUT2D eigenvalue weighted by Crippen LogP contribution is -2.30. The number of fused-ring (bicyclic) bond motifs is 10. The van der Waals surface area contributed by atoms with Crippen molar-refractivity contribution in [2.24, 2.45) is 28.2 Å². The molecule has 118 heavy (non-hydrogen) atoms. The minimum Gasteiger partial charge on any atom is -0.497 e. The van der Waals surface area contributed by atoms with Crippen LogP contribution in [0.2, 0.25) is 5.02 Å². The number of aromatic amines is 5. The fourth-order valence-corrected chi connectivity index (χ4v) is 12.7. The number of aryl methyl sites for hydroxylation is 5. The molecule has 9 N–H and O–H groups in total. The molecule has 11 heterocycles. The number of likely N-dealkylation sites (N-methyl/N-ethyl adjacent to an activating group) is 4. The van der Waals surface area contributed by atoms with E-state index in [2.05, 4.69) is 67.3 Å². The lowest BCUT2D eigenvalue weighted by molar-refractivity contribution is 0.223. The van der Waals surface area contributed by atoms with Gasteiger partial charge in [0, 0.05) is 133 Å². The smallest absolute Gasteiger partial charge is 0.343 e. The number of para-hydroxylation sites is 6. The molecule has 8 aromatic carbocycles. The van der Waals surface area contributed by atoms with Gasteiger partial charge < -0.3 is 60.6 Å². The number of nitrogens with one attached hydrogen (secondary N) is 9. The van der Waals surface area contributed by atoms with Gasteiger partial charge in [0.15, 0.2) is 11.5 Å². The normalized spacial score (nSPS) is 13.1. The molecule has 4 aliphatic rings. The number of methoxy groups -OCH3 is 1. The average molecular weight is 1620 g/mol. The van der Waals surface area contributed by atoms with Crippen LogP contribution in [0.15, 0.2) is 237 Å². The van der Waals surface area contributed by atoms with Crippen molar-refractivity contribution in [1.29, 1.82) is 0 Å². The van der Waals surface area contributed by atoms with Crippen LogP contribution in [0.25, 0.3) is 66.4 Å². The van der Waals surface area contributed by atoms with Crippen LogP contribution in [0.5, 0.6) is 5.75 Å². The maximum Gasteiger partial charge on any atom is 0.343 e. The molecular weight excluding hydrogens is 1530 g/mol. The number of ether oxygens (including phenoxy) is 1. The number of nitrogens with zero attached hydrogens (tertiary/aromatic N) is 11. The predicted octanol–water partition coefficient (Wildman–Crippen LogP) is 12.8. The first-order valence-corrected chi connectivity index (χ1v) is 37.8. The molecule has 19 rings (SSSR count).